The van der Waals surface area contributed by atoms with E-state index in [2.05, 4.69) is 21.9 Å². The summed E-state index contributed by atoms with van der Waals surface area (Å²) in [7, 11) is 8.24. The Hall–Kier alpha value is -3.70. The Morgan fingerprint density at radius 2 is 1.06 bits per heavy atom. The maximum Gasteiger partial charge on any atom is 0.414 e. The van der Waals surface area contributed by atoms with Crippen LogP contribution in [0.3, 0.4) is 0 Å². The summed E-state index contributed by atoms with van der Waals surface area (Å²) >= 11 is 0. The molecule has 0 bridgehead atoms. The molecule has 1 aliphatic heterocycles. The van der Waals surface area contributed by atoms with E-state index in [1.807, 2.05) is 18.2 Å². The Kier molecular flexibility index (Phi) is 11.1. The van der Waals surface area contributed by atoms with E-state index in [0.717, 1.165) is 56.3 Å². The van der Waals surface area contributed by atoms with Crippen LogP contribution in [0.15, 0.2) is 30.3 Å². The number of piperazine rings is 1. The van der Waals surface area contributed by atoms with Crippen LogP contribution in [-0.4, -0.2) is 93.7 Å². The van der Waals surface area contributed by atoms with Gasteiger partial charge in [-0.1, -0.05) is 6.07 Å². The third-order valence-electron chi connectivity index (χ3n) is 5.63. The molecule has 0 radical (unpaired) electrons. The van der Waals surface area contributed by atoms with Crippen LogP contribution in [0.25, 0.3) is 0 Å². The van der Waals surface area contributed by atoms with Crippen molar-refractivity contribution in [2.45, 2.75) is 13.1 Å². The second kappa shape index (κ2) is 14.0. The molecular weight excluding hydrogens is 472 g/mol. The van der Waals surface area contributed by atoms with Crippen LogP contribution >= 0.6 is 0 Å². The molecule has 0 aliphatic carbocycles. The maximum absolute atomic E-state index is 9.10. The number of carbonyl (C=O) groups is 2. The molecule has 0 saturated carbocycles. The Labute approximate surface area is 210 Å². The first-order valence-electron chi connectivity index (χ1n) is 11.2. The van der Waals surface area contributed by atoms with Crippen LogP contribution in [-0.2, 0) is 22.7 Å². The second-order valence-corrected chi connectivity index (χ2v) is 7.89. The van der Waals surface area contributed by atoms with E-state index in [9.17, 15) is 0 Å². The molecule has 0 unspecified atom stereocenters. The highest BCUT2D eigenvalue weighted by Gasteiger charge is 2.20. The summed E-state index contributed by atoms with van der Waals surface area (Å²) in [5.41, 5.74) is 2.38. The molecule has 2 aromatic rings. The van der Waals surface area contributed by atoms with Crippen LogP contribution in [0.1, 0.15) is 11.1 Å². The summed E-state index contributed by atoms with van der Waals surface area (Å²) in [5, 5.41) is 14.8. The lowest BCUT2D eigenvalue weighted by Crippen LogP contribution is -2.45. The quantitative estimate of drug-likeness (QED) is 0.486. The molecular formula is C25H34N2O9. The van der Waals surface area contributed by atoms with Crippen molar-refractivity contribution in [1.82, 2.24) is 9.80 Å². The van der Waals surface area contributed by atoms with Crippen molar-refractivity contribution in [2.75, 3.05) is 61.7 Å². The van der Waals surface area contributed by atoms with Crippen molar-refractivity contribution in [1.29, 1.82) is 0 Å². The van der Waals surface area contributed by atoms with E-state index < -0.39 is 11.9 Å². The zero-order valence-corrected chi connectivity index (χ0v) is 21.3. The molecule has 198 valence electrons. The standard InChI is InChI=1S/C23H32N2O5.C2H2O4/c1-26-19-7-6-17(12-20(19)27-2)15-24-8-10-25(11-9-24)16-18-13-21(28-3)23(30-5)22(14-18)29-4;3-1(4)2(5)6/h6-7,12-14H,8-11,15-16H2,1-5H3;(H,3,4)(H,5,6). The van der Waals surface area contributed by atoms with Crippen molar-refractivity contribution >= 4 is 11.9 Å². The molecule has 2 N–H and O–H groups in total. The zero-order chi connectivity index (χ0) is 26.7. The van der Waals surface area contributed by atoms with Crippen LogP contribution in [0.5, 0.6) is 28.7 Å². The molecule has 0 aromatic heterocycles. The molecule has 11 nitrogen and oxygen atoms in total. The summed E-state index contributed by atoms with van der Waals surface area (Å²) in [6, 6.07) is 10.2. The number of rotatable bonds is 9. The van der Waals surface area contributed by atoms with Crippen molar-refractivity contribution in [3.63, 3.8) is 0 Å². The van der Waals surface area contributed by atoms with Gasteiger partial charge < -0.3 is 33.9 Å². The predicted molar refractivity (Wildman–Crippen MR) is 131 cm³/mol. The number of hydrogen-bond donors (Lipinski definition) is 2. The number of aliphatic carboxylic acids is 2. The normalized spacial score (nSPS) is 13.7. The molecule has 0 amide bonds. The predicted octanol–water partition coefficient (Wildman–Crippen LogP) is 2.20. The van der Waals surface area contributed by atoms with Gasteiger partial charge in [0.15, 0.2) is 23.0 Å². The van der Waals surface area contributed by atoms with Gasteiger partial charge in [-0.15, -0.1) is 0 Å². The van der Waals surface area contributed by atoms with E-state index >= 15 is 0 Å². The number of ether oxygens (including phenoxy) is 5. The largest absolute Gasteiger partial charge is 0.493 e. The summed E-state index contributed by atoms with van der Waals surface area (Å²) in [4.78, 5) is 23.1. The lowest BCUT2D eigenvalue weighted by atomic mass is 10.1. The maximum atomic E-state index is 9.10. The first kappa shape index (κ1) is 28.5. The third kappa shape index (κ3) is 7.92. The molecule has 36 heavy (non-hydrogen) atoms. The van der Waals surface area contributed by atoms with Gasteiger partial charge in [0.25, 0.3) is 0 Å². The molecule has 1 heterocycles. The average molecular weight is 507 g/mol. The van der Waals surface area contributed by atoms with E-state index in [4.69, 9.17) is 43.5 Å². The Morgan fingerprint density at radius 3 is 1.44 bits per heavy atom. The smallest absolute Gasteiger partial charge is 0.414 e. The average Bonchev–Trinajstić information content (AvgIpc) is 2.89. The summed E-state index contributed by atoms with van der Waals surface area (Å²) in [6.45, 7) is 5.78. The van der Waals surface area contributed by atoms with Crippen LogP contribution in [0.2, 0.25) is 0 Å². The SMILES string of the molecule is COc1ccc(CN2CCN(Cc3cc(OC)c(OC)c(OC)c3)CC2)cc1OC.O=C(O)C(=O)O. The zero-order valence-electron chi connectivity index (χ0n) is 21.3. The highest BCUT2D eigenvalue weighted by atomic mass is 16.5. The van der Waals surface area contributed by atoms with E-state index in [1.54, 1.807) is 35.5 Å². The number of benzene rings is 2. The van der Waals surface area contributed by atoms with Gasteiger partial charge in [-0.05, 0) is 35.4 Å². The Morgan fingerprint density at radius 1 is 0.639 bits per heavy atom. The fraction of sp³-hybridized carbons (Fsp3) is 0.440. The lowest BCUT2D eigenvalue weighted by molar-refractivity contribution is -0.159. The van der Waals surface area contributed by atoms with Gasteiger partial charge in [0.1, 0.15) is 0 Å². The van der Waals surface area contributed by atoms with Crippen molar-refractivity contribution < 1.29 is 43.5 Å². The van der Waals surface area contributed by atoms with Crippen LogP contribution in [0, 0.1) is 0 Å². The molecule has 2 aromatic carbocycles. The van der Waals surface area contributed by atoms with Crippen LogP contribution in [0.4, 0.5) is 0 Å². The molecule has 1 fully saturated rings. The molecule has 0 atom stereocenters. The molecule has 3 rings (SSSR count). The second-order valence-electron chi connectivity index (χ2n) is 7.89. The topological polar surface area (TPSA) is 127 Å². The number of carboxylic acid groups (broad SMARTS) is 2. The number of carboxylic acids is 2. The van der Waals surface area contributed by atoms with Gasteiger partial charge in [-0.2, -0.15) is 0 Å². The van der Waals surface area contributed by atoms with Gasteiger partial charge in [0.05, 0.1) is 35.5 Å². The summed E-state index contributed by atoms with van der Waals surface area (Å²) in [5.74, 6) is -0.0983. The van der Waals surface area contributed by atoms with Gasteiger partial charge in [-0.3, -0.25) is 9.80 Å². The minimum Gasteiger partial charge on any atom is -0.493 e. The fourth-order valence-corrected chi connectivity index (χ4v) is 3.83. The first-order valence-corrected chi connectivity index (χ1v) is 11.2. The monoisotopic (exact) mass is 506 g/mol. The Balaban J connectivity index is 0.000000678. The molecule has 1 aliphatic rings. The van der Waals surface area contributed by atoms with E-state index in [0.29, 0.717) is 17.2 Å². The number of hydrogen-bond acceptors (Lipinski definition) is 9. The lowest BCUT2D eigenvalue weighted by Gasteiger charge is -2.35. The van der Waals surface area contributed by atoms with E-state index in [-0.39, 0.29) is 0 Å². The molecule has 11 heteroatoms. The summed E-state index contributed by atoms with van der Waals surface area (Å²) < 4.78 is 27.1. The van der Waals surface area contributed by atoms with Gasteiger partial charge >= 0.3 is 11.9 Å². The Bertz CT molecular complexity index is 984. The van der Waals surface area contributed by atoms with E-state index in [1.165, 1.54) is 5.56 Å². The van der Waals surface area contributed by atoms with Gasteiger partial charge in [0.2, 0.25) is 5.75 Å². The van der Waals surface area contributed by atoms with Crippen molar-refractivity contribution in [3.8, 4) is 28.7 Å². The molecule has 0 spiro atoms. The minimum atomic E-state index is -1.82. The highest BCUT2D eigenvalue weighted by molar-refractivity contribution is 6.27. The number of methoxy groups -OCH3 is 5. The highest BCUT2D eigenvalue weighted by Crippen LogP contribution is 2.38. The number of nitrogens with zero attached hydrogens (tertiary/aromatic N) is 2. The minimum absolute atomic E-state index is 0.628. The fourth-order valence-electron chi connectivity index (χ4n) is 3.83. The first-order chi connectivity index (χ1) is 17.3. The van der Waals surface area contributed by atoms with Gasteiger partial charge in [-0.25, -0.2) is 9.59 Å². The van der Waals surface area contributed by atoms with Crippen molar-refractivity contribution in [3.05, 3.63) is 41.5 Å². The van der Waals surface area contributed by atoms with Gasteiger partial charge in [0, 0.05) is 39.3 Å². The third-order valence-corrected chi connectivity index (χ3v) is 5.63. The van der Waals surface area contributed by atoms with Crippen molar-refractivity contribution in [2.24, 2.45) is 0 Å². The molecule has 1 saturated heterocycles. The summed E-state index contributed by atoms with van der Waals surface area (Å²) in [6.07, 6.45) is 0. The van der Waals surface area contributed by atoms with Crippen LogP contribution < -0.4 is 23.7 Å².